The molecular formula is C18H20N2O3. The number of hydrogen-bond donors (Lipinski definition) is 1. The standard InChI is InChI=1S/C18H20N2O3/c1-11-7-8-20-16(9-11)19-17(18(20)12(2)21)13-5-6-14(22-3)15(10-13)23-4/h5-10,12,21H,1-4H3. The maximum atomic E-state index is 10.2. The molecule has 0 bridgehead atoms. The van der Waals surface area contributed by atoms with Crippen LogP contribution in [-0.4, -0.2) is 28.7 Å². The Hall–Kier alpha value is -2.53. The van der Waals surface area contributed by atoms with Gasteiger partial charge in [-0.15, -0.1) is 0 Å². The molecule has 0 aliphatic carbocycles. The second-order valence-corrected chi connectivity index (χ2v) is 5.52. The third kappa shape index (κ3) is 2.64. The molecule has 5 nitrogen and oxygen atoms in total. The molecule has 2 aromatic heterocycles. The van der Waals surface area contributed by atoms with Crippen LogP contribution in [0.15, 0.2) is 36.5 Å². The molecule has 3 aromatic rings. The van der Waals surface area contributed by atoms with Crippen LogP contribution in [0.5, 0.6) is 11.5 Å². The number of aromatic nitrogens is 2. The zero-order valence-corrected chi connectivity index (χ0v) is 13.7. The summed E-state index contributed by atoms with van der Waals surface area (Å²) in [6.07, 6.45) is 1.29. The minimum absolute atomic E-state index is 0.634. The van der Waals surface area contributed by atoms with Crippen molar-refractivity contribution in [2.45, 2.75) is 20.0 Å². The van der Waals surface area contributed by atoms with Gasteiger partial charge in [-0.25, -0.2) is 4.98 Å². The summed E-state index contributed by atoms with van der Waals surface area (Å²) in [4.78, 5) is 4.70. The van der Waals surface area contributed by atoms with Crippen LogP contribution < -0.4 is 9.47 Å². The van der Waals surface area contributed by atoms with E-state index < -0.39 is 6.10 Å². The topological polar surface area (TPSA) is 56.0 Å². The number of methoxy groups -OCH3 is 2. The predicted octanol–water partition coefficient (Wildman–Crippen LogP) is 3.38. The molecule has 0 saturated heterocycles. The third-order valence-electron chi connectivity index (χ3n) is 3.87. The van der Waals surface area contributed by atoms with Gasteiger partial charge < -0.3 is 19.0 Å². The molecule has 0 spiro atoms. The van der Waals surface area contributed by atoms with Gasteiger partial charge in [0, 0.05) is 11.8 Å². The number of benzene rings is 1. The molecule has 1 atom stereocenters. The Morgan fingerprint density at radius 1 is 1.09 bits per heavy atom. The number of nitrogens with zero attached hydrogens (tertiary/aromatic N) is 2. The zero-order chi connectivity index (χ0) is 16.6. The predicted molar refractivity (Wildman–Crippen MR) is 89.1 cm³/mol. The second-order valence-electron chi connectivity index (χ2n) is 5.52. The first kappa shape index (κ1) is 15.4. The van der Waals surface area contributed by atoms with Gasteiger partial charge in [-0.05, 0) is 49.7 Å². The van der Waals surface area contributed by atoms with Crippen LogP contribution in [0.25, 0.3) is 16.9 Å². The van der Waals surface area contributed by atoms with Crippen molar-refractivity contribution in [2.75, 3.05) is 14.2 Å². The Morgan fingerprint density at radius 3 is 2.48 bits per heavy atom. The molecule has 1 N–H and O–H groups in total. The fourth-order valence-corrected chi connectivity index (χ4v) is 2.76. The smallest absolute Gasteiger partial charge is 0.161 e. The van der Waals surface area contributed by atoms with E-state index in [4.69, 9.17) is 14.5 Å². The third-order valence-corrected chi connectivity index (χ3v) is 3.87. The van der Waals surface area contributed by atoms with Crippen molar-refractivity contribution in [1.29, 1.82) is 0 Å². The van der Waals surface area contributed by atoms with Gasteiger partial charge in [-0.3, -0.25) is 0 Å². The van der Waals surface area contributed by atoms with Crippen LogP contribution in [0.2, 0.25) is 0 Å². The molecular weight excluding hydrogens is 292 g/mol. The molecule has 120 valence electrons. The van der Waals surface area contributed by atoms with E-state index in [0.29, 0.717) is 11.5 Å². The molecule has 0 amide bonds. The van der Waals surface area contributed by atoms with Gasteiger partial charge in [-0.1, -0.05) is 0 Å². The van der Waals surface area contributed by atoms with Crippen LogP contribution >= 0.6 is 0 Å². The van der Waals surface area contributed by atoms with E-state index in [1.54, 1.807) is 21.1 Å². The molecule has 1 unspecified atom stereocenters. The van der Waals surface area contributed by atoms with Crippen LogP contribution in [0.3, 0.4) is 0 Å². The highest BCUT2D eigenvalue weighted by molar-refractivity contribution is 5.70. The molecule has 0 radical (unpaired) electrons. The summed E-state index contributed by atoms with van der Waals surface area (Å²) < 4.78 is 12.6. The van der Waals surface area contributed by atoms with Crippen molar-refractivity contribution in [3.8, 4) is 22.8 Å². The largest absolute Gasteiger partial charge is 0.493 e. The van der Waals surface area contributed by atoms with Gasteiger partial charge in [0.15, 0.2) is 11.5 Å². The first-order chi connectivity index (χ1) is 11.0. The Morgan fingerprint density at radius 2 is 1.83 bits per heavy atom. The molecule has 23 heavy (non-hydrogen) atoms. The monoisotopic (exact) mass is 312 g/mol. The van der Waals surface area contributed by atoms with Gasteiger partial charge in [-0.2, -0.15) is 0 Å². The summed E-state index contributed by atoms with van der Waals surface area (Å²) in [5.41, 5.74) is 4.31. The first-order valence-corrected chi connectivity index (χ1v) is 7.44. The van der Waals surface area contributed by atoms with Crippen molar-refractivity contribution >= 4 is 5.65 Å². The molecule has 0 aliphatic heterocycles. The van der Waals surface area contributed by atoms with Gasteiger partial charge in [0.1, 0.15) is 5.65 Å². The van der Waals surface area contributed by atoms with E-state index >= 15 is 0 Å². The molecule has 5 heteroatoms. The summed E-state index contributed by atoms with van der Waals surface area (Å²) in [6, 6.07) is 9.63. The number of pyridine rings is 1. The number of ether oxygens (including phenoxy) is 2. The number of aliphatic hydroxyl groups excluding tert-OH is 1. The van der Waals surface area contributed by atoms with E-state index in [-0.39, 0.29) is 0 Å². The van der Waals surface area contributed by atoms with E-state index in [9.17, 15) is 5.11 Å². The number of fused-ring (bicyclic) bond motifs is 1. The van der Waals surface area contributed by atoms with E-state index in [1.165, 1.54) is 0 Å². The highest BCUT2D eigenvalue weighted by atomic mass is 16.5. The summed E-state index contributed by atoms with van der Waals surface area (Å²) in [7, 11) is 3.21. The van der Waals surface area contributed by atoms with E-state index in [2.05, 4.69) is 0 Å². The summed E-state index contributed by atoms with van der Waals surface area (Å²) >= 11 is 0. The van der Waals surface area contributed by atoms with Crippen molar-refractivity contribution < 1.29 is 14.6 Å². The quantitative estimate of drug-likeness (QED) is 0.802. The first-order valence-electron chi connectivity index (χ1n) is 7.44. The fraction of sp³-hybridized carbons (Fsp3) is 0.278. The number of aliphatic hydroxyl groups is 1. The van der Waals surface area contributed by atoms with Crippen molar-refractivity contribution in [1.82, 2.24) is 9.38 Å². The summed E-state index contributed by atoms with van der Waals surface area (Å²) in [5, 5.41) is 10.2. The highest BCUT2D eigenvalue weighted by Crippen LogP contribution is 2.35. The van der Waals surface area contributed by atoms with Crippen LogP contribution in [0.4, 0.5) is 0 Å². The number of imidazole rings is 1. The second kappa shape index (κ2) is 5.93. The molecule has 0 aliphatic rings. The lowest BCUT2D eigenvalue weighted by atomic mass is 10.1. The zero-order valence-electron chi connectivity index (χ0n) is 13.7. The average Bonchev–Trinajstić information content (AvgIpc) is 2.92. The lowest BCUT2D eigenvalue weighted by Crippen LogP contribution is -2.00. The summed E-state index contributed by atoms with van der Waals surface area (Å²) in [6.45, 7) is 3.76. The fourth-order valence-electron chi connectivity index (χ4n) is 2.76. The Kier molecular flexibility index (Phi) is 3.96. The van der Waals surface area contributed by atoms with Gasteiger partial charge in [0.05, 0.1) is 31.7 Å². The Balaban J connectivity index is 2.25. The Labute approximate surface area is 135 Å². The molecule has 2 heterocycles. The summed E-state index contributed by atoms with van der Waals surface area (Å²) in [5.74, 6) is 1.30. The molecule has 1 aromatic carbocycles. The maximum absolute atomic E-state index is 10.2. The van der Waals surface area contributed by atoms with Gasteiger partial charge in [0.2, 0.25) is 0 Å². The lowest BCUT2D eigenvalue weighted by Gasteiger charge is -2.11. The number of aryl methyl sites for hydroxylation is 1. The van der Waals surface area contributed by atoms with Crippen LogP contribution in [0, 0.1) is 6.92 Å². The van der Waals surface area contributed by atoms with Gasteiger partial charge in [0.25, 0.3) is 0 Å². The number of hydrogen-bond acceptors (Lipinski definition) is 4. The van der Waals surface area contributed by atoms with Crippen molar-refractivity contribution in [3.05, 3.63) is 47.8 Å². The van der Waals surface area contributed by atoms with E-state index in [1.807, 2.05) is 47.9 Å². The SMILES string of the molecule is COc1ccc(-c2nc3cc(C)ccn3c2C(C)O)cc1OC. The highest BCUT2D eigenvalue weighted by Gasteiger charge is 2.19. The average molecular weight is 312 g/mol. The maximum Gasteiger partial charge on any atom is 0.161 e. The number of rotatable bonds is 4. The molecule has 3 rings (SSSR count). The molecule has 0 saturated carbocycles. The normalized spacial score (nSPS) is 12.4. The van der Waals surface area contributed by atoms with Crippen LogP contribution in [0.1, 0.15) is 24.3 Å². The van der Waals surface area contributed by atoms with Crippen molar-refractivity contribution in [3.63, 3.8) is 0 Å². The van der Waals surface area contributed by atoms with Gasteiger partial charge >= 0.3 is 0 Å². The van der Waals surface area contributed by atoms with E-state index in [0.717, 1.165) is 28.2 Å². The minimum Gasteiger partial charge on any atom is -0.493 e. The van der Waals surface area contributed by atoms with Crippen molar-refractivity contribution in [2.24, 2.45) is 0 Å². The molecule has 0 fully saturated rings. The lowest BCUT2D eigenvalue weighted by molar-refractivity contribution is 0.194. The Bertz CT molecular complexity index is 853. The van der Waals surface area contributed by atoms with Crippen LogP contribution in [-0.2, 0) is 0 Å². The minimum atomic E-state index is -0.643.